The van der Waals surface area contributed by atoms with E-state index in [2.05, 4.69) is 13.8 Å². The van der Waals surface area contributed by atoms with E-state index in [1.54, 1.807) is 4.90 Å². The van der Waals surface area contributed by atoms with Crippen LogP contribution in [0, 0.1) is 17.3 Å². The third-order valence-electron chi connectivity index (χ3n) is 4.54. The molecule has 1 aliphatic carbocycles. The van der Waals surface area contributed by atoms with Gasteiger partial charge in [-0.3, -0.25) is 9.59 Å². The molecule has 3 atom stereocenters. The smallest absolute Gasteiger partial charge is 0.308 e. The Morgan fingerprint density at radius 3 is 2.71 bits per heavy atom. The van der Waals surface area contributed by atoms with Crippen LogP contribution in [0.5, 0.6) is 0 Å². The predicted octanol–water partition coefficient (Wildman–Crippen LogP) is 1.75. The van der Waals surface area contributed by atoms with E-state index < -0.39 is 5.97 Å². The second-order valence-corrected chi connectivity index (χ2v) is 5.73. The molecule has 2 unspecified atom stereocenters. The fourth-order valence-electron chi connectivity index (χ4n) is 2.78. The Kier molecular flexibility index (Phi) is 3.15. The maximum atomic E-state index is 12.2. The summed E-state index contributed by atoms with van der Waals surface area (Å²) in [5.74, 6) is -0.809. The topological polar surface area (TPSA) is 57.6 Å². The van der Waals surface area contributed by atoms with Crippen molar-refractivity contribution in [2.45, 2.75) is 39.5 Å². The minimum absolute atomic E-state index is 0.139. The van der Waals surface area contributed by atoms with E-state index in [1.165, 1.54) is 0 Å². The number of hydrogen-bond donors (Lipinski definition) is 1. The summed E-state index contributed by atoms with van der Waals surface area (Å²) in [4.78, 5) is 25.0. The summed E-state index contributed by atoms with van der Waals surface area (Å²) in [6, 6.07) is 0. The van der Waals surface area contributed by atoms with E-state index in [1.807, 2.05) is 0 Å². The summed E-state index contributed by atoms with van der Waals surface area (Å²) in [7, 11) is 0. The molecule has 4 nitrogen and oxygen atoms in total. The van der Waals surface area contributed by atoms with Gasteiger partial charge in [-0.2, -0.15) is 0 Å². The summed E-state index contributed by atoms with van der Waals surface area (Å²) >= 11 is 0. The first-order valence-corrected chi connectivity index (χ1v) is 6.49. The first-order valence-electron chi connectivity index (χ1n) is 6.49. The number of aliphatic carboxylic acids is 1. The molecule has 1 saturated carbocycles. The third kappa shape index (κ3) is 2.31. The van der Waals surface area contributed by atoms with Crippen molar-refractivity contribution in [2.75, 3.05) is 13.1 Å². The lowest BCUT2D eigenvalue weighted by molar-refractivity contribution is -0.146. The molecule has 2 rings (SSSR count). The summed E-state index contributed by atoms with van der Waals surface area (Å²) in [6.07, 6.45) is 3.52. The van der Waals surface area contributed by atoms with E-state index in [-0.39, 0.29) is 23.2 Å². The highest BCUT2D eigenvalue weighted by Gasteiger charge is 2.54. The highest BCUT2D eigenvalue weighted by molar-refractivity contribution is 5.83. The molecular formula is C13H21NO3. The van der Waals surface area contributed by atoms with Gasteiger partial charge in [-0.1, -0.05) is 13.8 Å². The van der Waals surface area contributed by atoms with Gasteiger partial charge in [-0.05, 0) is 31.1 Å². The van der Waals surface area contributed by atoms with Crippen molar-refractivity contribution in [1.29, 1.82) is 0 Å². The zero-order chi connectivity index (χ0) is 12.6. The Bertz CT molecular complexity index is 342. The maximum Gasteiger partial charge on any atom is 0.308 e. The molecule has 1 amide bonds. The SMILES string of the molecule is CCC1(C)CC1C(=O)N1CCC[C@H](C(=O)O)C1. The lowest BCUT2D eigenvalue weighted by Crippen LogP contribution is -2.43. The molecule has 96 valence electrons. The normalized spacial score (nSPS) is 36.7. The van der Waals surface area contributed by atoms with Gasteiger partial charge in [0.25, 0.3) is 0 Å². The largest absolute Gasteiger partial charge is 0.481 e. The van der Waals surface area contributed by atoms with Crippen LogP contribution in [0.1, 0.15) is 39.5 Å². The molecule has 0 aromatic carbocycles. The third-order valence-corrected chi connectivity index (χ3v) is 4.54. The van der Waals surface area contributed by atoms with E-state index in [4.69, 9.17) is 5.11 Å². The van der Waals surface area contributed by atoms with Gasteiger partial charge in [0.1, 0.15) is 0 Å². The lowest BCUT2D eigenvalue weighted by Gasteiger charge is -2.31. The van der Waals surface area contributed by atoms with Crippen molar-refractivity contribution in [3.63, 3.8) is 0 Å². The number of piperidine rings is 1. The van der Waals surface area contributed by atoms with Gasteiger partial charge in [-0.25, -0.2) is 0 Å². The zero-order valence-electron chi connectivity index (χ0n) is 10.6. The number of nitrogens with zero attached hydrogens (tertiary/aromatic N) is 1. The van der Waals surface area contributed by atoms with Gasteiger partial charge in [0.15, 0.2) is 0 Å². The number of amides is 1. The standard InChI is InChI=1S/C13H21NO3/c1-3-13(2)7-10(13)11(15)14-6-4-5-9(8-14)12(16)17/h9-10H,3-8H2,1-2H3,(H,16,17)/t9-,10?,13?/m0/s1. The Morgan fingerprint density at radius 2 is 2.18 bits per heavy atom. The van der Waals surface area contributed by atoms with Gasteiger partial charge in [-0.15, -0.1) is 0 Å². The number of hydrogen-bond acceptors (Lipinski definition) is 2. The second kappa shape index (κ2) is 4.31. The number of likely N-dealkylation sites (tertiary alicyclic amines) is 1. The van der Waals surface area contributed by atoms with E-state index >= 15 is 0 Å². The first-order chi connectivity index (χ1) is 7.98. The first kappa shape index (κ1) is 12.4. The summed E-state index contributed by atoms with van der Waals surface area (Å²) in [5.41, 5.74) is 0.174. The van der Waals surface area contributed by atoms with Gasteiger partial charge < -0.3 is 10.0 Å². The maximum absolute atomic E-state index is 12.2. The molecule has 0 spiro atoms. The van der Waals surface area contributed by atoms with Crippen molar-refractivity contribution in [1.82, 2.24) is 4.90 Å². The van der Waals surface area contributed by atoms with Crippen LogP contribution in [0.25, 0.3) is 0 Å². The highest BCUT2D eigenvalue weighted by atomic mass is 16.4. The summed E-state index contributed by atoms with van der Waals surface area (Å²) in [6.45, 7) is 5.40. The molecule has 0 bridgehead atoms. The van der Waals surface area contributed by atoms with Crippen LogP contribution in [0.2, 0.25) is 0 Å². The molecule has 1 N–H and O–H groups in total. The summed E-state index contributed by atoms with van der Waals surface area (Å²) in [5, 5.41) is 9.00. The fourth-order valence-corrected chi connectivity index (χ4v) is 2.78. The monoisotopic (exact) mass is 239 g/mol. The van der Waals surface area contributed by atoms with Crippen LogP contribution in [0.3, 0.4) is 0 Å². The molecule has 2 aliphatic rings. The van der Waals surface area contributed by atoms with Crippen LogP contribution >= 0.6 is 0 Å². The molecule has 1 aliphatic heterocycles. The molecule has 0 aromatic rings. The van der Waals surface area contributed by atoms with Crippen molar-refractivity contribution >= 4 is 11.9 Å². The quantitative estimate of drug-likeness (QED) is 0.816. The van der Waals surface area contributed by atoms with Gasteiger partial charge in [0.05, 0.1) is 5.92 Å². The Labute approximate surface area is 102 Å². The molecule has 1 heterocycles. The van der Waals surface area contributed by atoms with E-state index in [0.717, 1.165) is 25.8 Å². The van der Waals surface area contributed by atoms with Crippen LogP contribution in [0.15, 0.2) is 0 Å². The molecule has 17 heavy (non-hydrogen) atoms. The Balaban J connectivity index is 1.95. The van der Waals surface area contributed by atoms with Crippen molar-refractivity contribution in [2.24, 2.45) is 17.3 Å². The Hall–Kier alpha value is -1.06. The van der Waals surface area contributed by atoms with Crippen molar-refractivity contribution in [3.05, 3.63) is 0 Å². The summed E-state index contributed by atoms with van der Waals surface area (Å²) < 4.78 is 0. The average Bonchev–Trinajstić information content (AvgIpc) is 3.01. The number of rotatable bonds is 3. The van der Waals surface area contributed by atoms with E-state index in [9.17, 15) is 9.59 Å². The number of carbonyl (C=O) groups excluding carboxylic acids is 1. The van der Waals surface area contributed by atoms with Crippen LogP contribution in [0.4, 0.5) is 0 Å². The number of carbonyl (C=O) groups is 2. The van der Waals surface area contributed by atoms with Gasteiger partial charge in [0.2, 0.25) is 5.91 Å². The van der Waals surface area contributed by atoms with Gasteiger partial charge in [0, 0.05) is 19.0 Å². The zero-order valence-corrected chi connectivity index (χ0v) is 10.6. The molecule has 0 aromatic heterocycles. The van der Waals surface area contributed by atoms with Crippen LogP contribution in [-0.2, 0) is 9.59 Å². The second-order valence-electron chi connectivity index (χ2n) is 5.73. The molecular weight excluding hydrogens is 218 g/mol. The Morgan fingerprint density at radius 1 is 1.47 bits per heavy atom. The van der Waals surface area contributed by atoms with Crippen LogP contribution < -0.4 is 0 Å². The van der Waals surface area contributed by atoms with Crippen LogP contribution in [-0.4, -0.2) is 35.0 Å². The molecule has 0 radical (unpaired) electrons. The minimum atomic E-state index is -0.767. The molecule has 2 fully saturated rings. The predicted molar refractivity (Wildman–Crippen MR) is 63.4 cm³/mol. The molecule has 4 heteroatoms. The molecule has 1 saturated heterocycles. The fraction of sp³-hybridized carbons (Fsp3) is 0.846. The van der Waals surface area contributed by atoms with Crippen molar-refractivity contribution in [3.8, 4) is 0 Å². The van der Waals surface area contributed by atoms with E-state index in [0.29, 0.717) is 13.0 Å². The minimum Gasteiger partial charge on any atom is -0.481 e. The lowest BCUT2D eigenvalue weighted by atomic mass is 9.97. The highest BCUT2D eigenvalue weighted by Crippen LogP contribution is 2.55. The number of carboxylic acids is 1. The average molecular weight is 239 g/mol. The number of carboxylic acid groups (broad SMARTS) is 1. The van der Waals surface area contributed by atoms with Crippen molar-refractivity contribution < 1.29 is 14.7 Å². The van der Waals surface area contributed by atoms with Gasteiger partial charge >= 0.3 is 5.97 Å².